The molecule has 0 aliphatic heterocycles. The Hall–Kier alpha value is -5.97. The molecule has 0 atom stereocenters. The molecule has 8 aromatic rings. The average Bonchev–Trinajstić information content (AvgIpc) is 3.57. The van der Waals surface area contributed by atoms with Gasteiger partial charge in [-0.3, -0.25) is 0 Å². The van der Waals surface area contributed by atoms with Crippen molar-refractivity contribution in [3.63, 3.8) is 0 Å². The second-order valence-corrected chi connectivity index (χ2v) is 13.4. The van der Waals surface area contributed by atoms with Crippen LogP contribution in [-0.4, -0.2) is 15.0 Å². The second-order valence-electron chi connectivity index (χ2n) is 12.3. The van der Waals surface area contributed by atoms with Crippen LogP contribution < -0.4 is 0 Å². The SMILES string of the molecule is C1=CC(c2nc(-c3ccccc3)nc(-c3ccc(-c4cccc5sc6ccc(-c7cccc(-c8ccccc8)c7)cc6c45)cc3)n2)=CCC1. The molecule has 2 aromatic heterocycles. The van der Waals surface area contributed by atoms with Crippen LogP contribution in [0.1, 0.15) is 18.7 Å². The minimum atomic E-state index is 0.678. The minimum absolute atomic E-state index is 0.678. The first-order chi connectivity index (χ1) is 24.3. The van der Waals surface area contributed by atoms with E-state index in [4.69, 9.17) is 15.0 Å². The Morgan fingerprint density at radius 3 is 1.76 bits per heavy atom. The predicted octanol–water partition coefficient (Wildman–Crippen LogP) is 12.3. The maximum atomic E-state index is 4.96. The molecule has 0 bridgehead atoms. The standard InChI is InChI=1S/C45H31N3S/c1-4-12-30(13-5-1)35-18-10-19-36(28-35)37-26-27-40-39(29-37)42-38(20-11-21-41(42)49-40)31-22-24-34(25-23-31)45-47-43(32-14-6-2-7-15-32)46-44(48-45)33-16-8-3-9-17-33/h1-2,4-8,10-29H,3,9H2. The van der Waals surface area contributed by atoms with E-state index in [2.05, 4.69) is 133 Å². The molecule has 0 radical (unpaired) electrons. The highest BCUT2D eigenvalue weighted by atomic mass is 32.1. The van der Waals surface area contributed by atoms with Crippen molar-refractivity contribution in [1.29, 1.82) is 0 Å². The summed E-state index contributed by atoms with van der Waals surface area (Å²) in [5, 5.41) is 2.58. The summed E-state index contributed by atoms with van der Waals surface area (Å²) in [5.74, 6) is 2.07. The third-order valence-corrected chi connectivity index (χ3v) is 10.3. The van der Waals surface area contributed by atoms with Crippen LogP contribution in [0.3, 0.4) is 0 Å². The highest BCUT2D eigenvalue weighted by Crippen LogP contribution is 2.42. The predicted molar refractivity (Wildman–Crippen MR) is 206 cm³/mol. The fraction of sp³-hybridized carbons (Fsp3) is 0.0444. The van der Waals surface area contributed by atoms with Crippen molar-refractivity contribution in [1.82, 2.24) is 15.0 Å². The number of hydrogen-bond acceptors (Lipinski definition) is 4. The van der Waals surface area contributed by atoms with Crippen LogP contribution in [0.25, 0.3) is 81.9 Å². The fourth-order valence-electron chi connectivity index (χ4n) is 6.68. The van der Waals surface area contributed by atoms with Gasteiger partial charge in [0.1, 0.15) is 0 Å². The molecule has 3 nitrogen and oxygen atoms in total. The molecule has 0 saturated heterocycles. The van der Waals surface area contributed by atoms with Crippen molar-refractivity contribution < 1.29 is 0 Å². The van der Waals surface area contributed by atoms with Crippen LogP contribution >= 0.6 is 11.3 Å². The third kappa shape index (κ3) is 5.67. The van der Waals surface area contributed by atoms with Crippen molar-refractivity contribution in [2.24, 2.45) is 0 Å². The number of allylic oxidation sites excluding steroid dienone is 4. The first kappa shape index (κ1) is 29.2. The number of hydrogen-bond donors (Lipinski definition) is 0. The Morgan fingerprint density at radius 2 is 1.02 bits per heavy atom. The fourth-order valence-corrected chi connectivity index (χ4v) is 7.80. The topological polar surface area (TPSA) is 38.7 Å². The molecule has 0 unspecified atom stereocenters. The molecule has 0 fully saturated rings. The summed E-state index contributed by atoms with van der Waals surface area (Å²) in [6, 6.07) is 51.8. The zero-order valence-electron chi connectivity index (χ0n) is 26.8. The van der Waals surface area contributed by atoms with Gasteiger partial charge in [-0.15, -0.1) is 11.3 Å². The lowest BCUT2D eigenvalue weighted by atomic mass is 9.95. The van der Waals surface area contributed by atoms with Crippen LogP contribution in [-0.2, 0) is 0 Å². The van der Waals surface area contributed by atoms with E-state index in [-0.39, 0.29) is 0 Å². The summed E-state index contributed by atoms with van der Waals surface area (Å²) in [6.45, 7) is 0. The molecule has 0 spiro atoms. The summed E-state index contributed by atoms with van der Waals surface area (Å²) in [4.78, 5) is 14.8. The Balaban J connectivity index is 1.11. The number of benzene rings is 6. The van der Waals surface area contributed by atoms with Crippen molar-refractivity contribution in [3.8, 4) is 56.2 Å². The Bertz CT molecular complexity index is 2530. The van der Waals surface area contributed by atoms with Gasteiger partial charge in [0.25, 0.3) is 0 Å². The highest BCUT2D eigenvalue weighted by Gasteiger charge is 2.16. The smallest absolute Gasteiger partial charge is 0.164 e. The van der Waals surface area contributed by atoms with Gasteiger partial charge in [-0.2, -0.15) is 0 Å². The summed E-state index contributed by atoms with van der Waals surface area (Å²) < 4.78 is 2.58. The number of fused-ring (bicyclic) bond motifs is 3. The van der Waals surface area contributed by atoms with Crippen molar-refractivity contribution >= 4 is 37.1 Å². The van der Waals surface area contributed by atoms with Crippen LogP contribution in [0, 0.1) is 0 Å². The van der Waals surface area contributed by atoms with Crippen molar-refractivity contribution in [2.45, 2.75) is 12.8 Å². The van der Waals surface area contributed by atoms with Gasteiger partial charge in [-0.25, -0.2) is 15.0 Å². The van der Waals surface area contributed by atoms with E-state index in [1.807, 2.05) is 41.7 Å². The van der Waals surface area contributed by atoms with E-state index in [1.54, 1.807) is 0 Å². The van der Waals surface area contributed by atoms with E-state index >= 15 is 0 Å². The molecule has 49 heavy (non-hydrogen) atoms. The maximum Gasteiger partial charge on any atom is 0.164 e. The molecule has 0 saturated carbocycles. The average molecular weight is 646 g/mol. The van der Waals surface area contributed by atoms with Gasteiger partial charge in [-0.1, -0.05) is 140 Å². The lowest BCUT2D eigenvalue weighted by molar-refractivity contribution is 1.01. The molecule has 1 aliphatic rings. The Morgan fingerprint density at radius 1 is 0.429 bits per heavy atom. The lowest BCUT2D eigenvalue weighted by Crippen LogP contribution is -2.03. The van der Waals surface area contributed by atoms with Gasteiger partial charge >= 0.3 is 0 Å². The van der Waals surface area contributed by atoms with Crippen LogP contribution in [0.4, 0.5) is 0 Å². The lowest BCUT2D eigenvalue weighted by Gasteiger charge is -2.11. The monoisotopic (exact) mass is 645 g/mol. The van der Waals surface area contributed by atoms with E-state index < -0.39 is 0 Å². The summed E-state index contributed by atoms with van der Waals surface area (Å²) in [6.07, 6.45) is 8.57. The van der Waals surface area contributed by atoms with E-state index in [9.17, 15) is 0 Å². The first-order valence-electron chi connectivity index (χ1n) is 16.7. The molecule has 0 N–H and O–H groups in total. The van der Waals surface area contributed by atoms with Crippen molar-refractivity contribution in [3.05, 3.63) is 170 Å². The molecular weight excluding hydrogens is 615 g/mol. The Labute approximate surface area is 289 Å². The van der Waals surface area contributed by atoms with E-state index in [0.29, 0.717) is 17.5 Å². The zero-order chi connectivity index (χ0) is 32.6. The molecule has 4 heteroatoms. The second kappa shape index (κ2) is 12.6. The van der Waals surface area contributed by atoms with Gasteiger partial charge < -0.3 is 0 Å². The molecule has 232 valence electrons. The third-order valence-electron chi connectivity index (χ3n) is 9.17. The molecule has 6 aromatic carbocycles. The van der Waals surface area contributed by atoms with Gasteiger partial charge in [0, 0.05) is 36.9 Å². The number of aromatic nitrogens is 3. The maximum absolute atomic E-state index is 4.96. The molecule has 2 heterocycles. The van der Waals surface area contributed by atoms with E-state index in [0.717, 1.165) is 29.5 Å². The molecular formula is C45H31N3S. The van der Waals surface area contributed by atoms with Crippen LogP contribution in [0.15, 0.2) is 164 Å². The van der Waals surface area contributed by atoms with Gasteiger partial charge in [0.2, 0.25) is 0 Å². The highest BCUT2D eigenvalue weighted by molar-refractivity contribution is 7.26. The molecule has 1 aliphatic carbocycles. The largest absolute Gasteiger partial charge is 0.208 e. The van der Waals surface area contributed by atoms with E-state index in [1.165, 1.54) is 53.6 Å². The minimum Gasteiger partial charge on any atom is -0.208 e. The van der Waals surface area contributed by atoms with Crippen molar-refractivity contribution in [2.75, 3.05) is 0 Å². The number of nitrogens with zero attached hydrogens (tertiary/aromatic N) is 3. The summed E-state index contributed by atoms with van der Waals surface area (Å²) >= 11 is 1.85. The quantitative estimate of drug-likeness (QED) is 0.181. The van der Waals surface area contributed by atoms with Gasteiger partial charge in [0.15, 0.2) is 17.5 Å². The summed E-state index contributed by atoms with van der Waals surface area (Å²) in [7, 11) is 0. The first-order valence-corrected chi connectivity index (χ1v) is 17.5. The van der Waals surface area contributed by atoms with Crippen LogP contribution in [0.5, 0.6) is 0 Å². The van der Waals surface area contributed by atoms with Gasteiger partial charge in [-0.05, 0) is 70.5 Å². The number of rotatable bonds is 6. The molecule has 0 amide bonds. The zero-order valence-corrected chi connectivity index (χ0v) is 27.6. The van der Waals surface area contributed by atoms with Gasteiger partial charge in [0.05, 0.1) is 0 Å². The molecule has 9 rings (SSSR count). The van der Waals surface area contributed by atoms with Crippen LogP contribution in [0.2, 0.25) is 0 Å². The Kier molecular flexibility index (Phi) is 7.49. The number of thiophene rings is 1. The normalized spacial score (nSPS) is 12.8. The summed E-state index contributed by atoms with van der Waals surface area (Å²) in [5.41, 5.74) is 10.3.